The molecule has 0 fully saturated rings. The molecule has 0 aromatic carbocycles. The van der Waals surface area contributed by atoms with Crippen LogP contribution in [0.5, 0.6) is 0 Å². The van der Waals surface area contributed by atoms with Crippen molar-refractivity contribution in [3.63, 3.8) is 0 Å². The van der Waals surface area contributed by atoms with E-state index in [1.54, 1.807) is 24.4 Å². The Labute approximate surface area is 138 Å². The van der Waals surface area contributed by atoms with Gasteiger partial charge in [-0.2, -0.15) is 0 Å². The molecule has 0 aliphatic carbocycles. The van der Waals surface area contributed by atoms with Gasteiger partial charge in [0.25, 0.3) is 5.91 Å². The van der Waals surface area contributed by atoms with Crippen LogP contribution in [0.3, 0.4) is 0 Å². The molecule has 2 heterocycles. The second-order valence-corrected chi connectivity index (χ2v) is 5.98. The predicted octanol–water partition coefficient (Wildman–Crippen LogP) is 2.70. The number of nitrogens with one attached hydrogen (secondary N) is 1. The number of rotatable bonds is 6. The summed E-state index contributed by atoms with van der Waals surface area (Å²) in [6.45, 7) is 5.52. The molecule has 122 valence electrons. The Kier molecular flexibility index (Phi) is 5.33. The number of amides is 1. The number of aryl methyl sites for hydroxylation is 1. The molecule has 6 nitrogen and oxygen atoms in total. The lowest BCUT2D eigenvalue weighted by Crippen LogP contribution is -2.40. The summed E-state index contributed by atoms with van der Waals surface area (Å²) >= 11 is 1.48. The molecule has 2 N–H and O–H groups in total. The number of carbonyl (C=O) groups excluding carboxylic acids is 1. The number of hydrogen-bond acceptors (Lipinski definition) is 4. The van der Waals surface area contributed by atoms with E-state index in [0.29, 0.717) is 5.56 Å². The van der Waals surface area contributed by atoms with Crippen LogP contribution in [-0.4, -0.2) is 32.6 Å². The molecular weight excluding hydrogens is 314 g/mol. The number of allylic oxidation sites excluding steroid dienone is 1. The summed E-state index contributed by atoms with van der Waals surface area (Å²) in [5.41, 5.74) is 2.08. The molecule has 7 heteroatoms. The predicted molar refractivity (Wildman–Crippen MR) is 89.2 cm³/mol. The van der Waals surface area contributed by atoms with Gasteiger partial charge < -0.3 is 10.4 Å². The summed E-state index contributed by atoms with van der Waals surface area (Å²) in [6.07, 6.45) is 5.44. The molecule has 1 unspecified atom stereocenters. The first-order valence-electron chi connectivity index (χ1n) is 7.19. The van der Waals surface area contributed by atoms with E-state index in [1.807, 2.05) is 30.7 Å². The van der Waals surface area contributed by atoms with Crippen molar-refractivity contribution in [1.82, 2.24) is 14.9 Å². The van der Waals surface area contributed by atoms with Crippen molar-refractivity contribution in [3.05, 3.63) is 46.7 Å². The van der Waals surface area contributed by atoms with Crippen LogP contribution in [0.25, 0.3) is 5.13 Å². The maximum atomic E-state index is 12.4. The first kappa shape index (κ1) is 17.0. The lowest BCUT2D eigenvalue weighted by Gasteiger charge is -2.12. The zero-order valence-corrected chi connectivity index (χ0v) is 14.1. The monoisotopic (exact) mass is 333 g/mol. The van der Waals surface area contributed by atoms with E-state index in [1.165, 1.54) is 11.3 Å². The molecule has 1 amide bonds. The van der Waals surface area contributed by atoms with E-state index in [0.717, 1.165) is 16.5 Å². The van der Waals surface area contributed by atoms with E-state index in [-0.39, 0.29) is 6.42 Å². The van der Waals surface area contributed by atoms with Gasteiger partial charge in [-0.3, -0.25) is 9.36 Å². The number of aliphatic carboxylic acids is 1. The third kappa shape index (κ3) is 3.68. The number of nitrogens with zero attached hydrogens (tertiary/aromatic N) is 2. The van der Waals surface area contributed by atoms with Crippen LogP contribution in [0.4, 0.5) is 0 Å². The summed E-state index contributed by atoms with van der Waals surface area (Å²) in [6, 6.07) is 0.808. The molecule has 23 heavy (non-hydrogen) atoms. The van der Waals surface area contributed by atoms with E-state index in [2.05, 4.69) is 10.3 Å². The second kappa shape index (κ2) is 7.23. The van der Waals surface area contributed by atoms with Gasteiger partial charge in [0.05, 0.1) is 5.56 Å². The number of carbonyl (C=O) groups is 2. The maximum absolute atomic E-state index is 12.4. The van der Waals surface area contributed by atoms with Gasteiger partial charge in [0, 0.05) is 23.0 Å². The zero-order valence-electron chi connectivity index (χ0n) is 13.2. The molecule has 1 atom stereocenters. The second-order valence-electron chi connectivity index (χ2n) is 5.10. The quantitative estimate of drug-likeness (QED) is 0.796. The first-order valence-corrected chi connectivity index (χ1v) is 8.07. The lowest BCUT2D eigenvalue weighted by molar-refractivity contribution is -0.139. The molecule has 2 rings (SSSR count). The van der Waals surface area contributed by atoms with Crippen molar-refractivity contribution in [3.8, 4) is 5.13 Å². The van der Waals surface area contributed by atoms with Crippen molar-refractivity contribution in [2.75, 3.05) is 0 Å². The Bertz CT molecular complexity index is 732. The Morgan fingerprint density at radius 1 is 1.48 bits per heavy atom. The summed E-state index contributed by atoms with van der Waals surface area (Å²) in [5.74, 6) is -1.44. The summed E-state index contributed by atoms with van der Waals surface area (Å²) in [4.78, 5) is 28.0. The van der Waals surface area contributed by atoms with Crippen LogP contribution in [0, 0.1) is 13.8 Å². The standard InChI is InChI=1S/C16H19N3O3S/c1-4-5-6-13(15(21)22)18-14(20)12-9-10(2)19(11(12)3)16-17-7-8-23-16/h4-5,7-9,13H,6H2,1-3H3,(H,18,20)(H,21,22)/b5-4+. The van der Waals surface area contributed by atoms with E-state index in [9.17, 15) is 14.7 Å². The Morgan fingerprint density at radius 2 is 2.22 bits per heavy atom. The van der Waals surface area contributed by atoms with Crippen LogP contribution in [0.15, 0.2) is 29.8 Å². The summed E-state index contributed by atoms with van der Waals surface area (Å²) < 4.78 is 1.89. The Balaban J connectivity index is 2.26. The highest BCUT2D eigenvalue weighted by atomic mass is 32.1. The van der Waals surface area contributed by atoms with Gasteiger partial charge in [0.1, 0.15) is 6.04 Å². The van der Waals surface area contributed by atoms with Gasteiger partial charge in [-0.25, -0.2) is 9.78 Å². The van der Waals surface area contributed by atoms with E-state index >= 15 is 0 Å². The number of carboxylic acid groups (broad SMARTS) is 1. The summed E-state index contributed by atoms with van der Waals surface area (Å²) in [5, 5.41) is 14.4. The fourth-order valence-corrected chi connectivity index (χ4v) is 3.09. The zero-order chi connectivity index (χ0) is 17.0. The van der Waals surface area contributed by atoms with Gasteiger partial charge >= 0.3 is 5.97 Å². The van der Waals surface area contributed by atoms with Crippen molar-refractivity contribution >= 4 is 23.2 Å². The van der Waals surface area contributed by atoms with Gasteiger partial charge in [-0.1, -0.05) is 12.2 Å². The average molecular weight is 333 g/mol. The minimum atomic E-state index is -1.05. The number of hydrogen-bond donors (Lipinski definition) is 2. The third-order valence-electron chi connectivity index (χ3n) is 3.50. The molecule has 0 spiro atoms. The van der Waals surface area contributed by atoms with Gasteiger partial charge in [-0.15, -0.1) is 11.3 Å². The summed E-state index contributed by atoms with van der Waals surface area (Å²) in [7, 11) is 0. The Hall–Kier alpha value is -2.41. The highest BCUT2D eigenvalue weighted by molar-refractivity contribution is 7.12. The average Bonchev–Trinajstić information content (AvgIpc) is 3.11. The third-order valence-corrected chi connectivity index (χ3v) is 4.25. The molecule has 0 radical (unpaired) electrons. The topological polar surface area (TPSA) is 84.2 Å². The molecule has 0 bridgehead atoms. The molecule has 0 aliphatic rings. The maximum Gasteiger partial charge on any atom is 0.326 e. The molecule has 2 aromatic heterocycles. The fourth-order valence-electron chi connectivity index (χ4n) is 2.34. The minimum absolute atomic E-state index is 0.253. The van der Waals surface area contributed by atoms with Crippen molar-refractivity contribution in [2.24, 2.45) is 0 Å². The van der Waals surface area contributed by atoms with Crippen LogP contribution in [0.1, 0.15) is 35.1 Å². The number of thiazole rings is 1. The molecule has 0 saturated carbocycles. The fraction of sp³-hybridized carbons (Fsp3) is 0.312. The SMILES string of the molecule is C/C=C/CC(NC(=O)c1cc(C)n(-c2nccs2)c1C)C(=O)O. The normalized spacial score (nSPS) is 12.5. The van der Waals surface area contributed by atoms with Gasteiger partial charge in [0.2, 0.25) is 0 Å². The van der Waals surface area contributed by atoms with Crippen LogP contribution < -0.4 is 5.32 Å². The van der Waals surface area contributed by atoms with Crippen molar-refractivity contribution in [1.29, 1.82) is 0 Å². The van der Waals surface area contributed by atoms with Crippen molar-refractivity contribution in [2.45, 2.75) is 33.2 Å². The van der Waals surface area contributed by atoms with Gasteiger partial charge in [-0.05, 0) is 33.3 Å². The molecule has 0 saturated heterocycles. The minimum Gasteiger partial charge on any atom is -0.480 e. The molecular formula is C16H19N3O3S. The highest BCUT2D eigenvalue weighted by Crippen LogP contribution is 2.22. The Morgan fingerprint density at radius 3 is 2.78 bits per heavy atom. The van der Waals surface area contributed by atoms with E-state index < -0.39 is 17.9 Å². The first-order chi connectivity index (χ1) is 11.0. The highest BCUT2D eigenvalue weighted by Gasteiger charge is 2.23. The number of carboxylic acids is 1. The van der Waals surface area contributed by atoms with E-state index in [4.69, 9.17) is 0 Å². The molecule has 0 aliphatic heterocycles. The largest absolute Gasteiger partial charge is 0.480 e. The smallest absolute Gasteiger partial charge is 0.326 e. The number of aromatic nitrogens is 2. The van der Waals surface area contributed by atoms with Crippen LogP contribution >= 0.6 is 11.3 Å². The lowest BCUT2D eigenvalue weighted by atomic mass is 10.1. The molecule has 2 aromatic rings. The van der Waals surface area contributed by atoms with Gasteiger partial charge in [0.15, 0.2) is 5.13 Å². The van der Waals surface area contributed by atoms with Crippen LogP contribution in [-0.2, 0) is 4.79 Å². The van der Waals surface area contributed by atoms with Crippen LogP contribution in [0.2, 0.25) is 0 Å². The van der Waals surface area contributed by atoms with Crippen molar-refractivity contribution < 1.29 is 14.7 Å².